The van der Waals surface area contributed by atoms with Crippen LogP contribution in [-0.2, 0) is 9.59 Å². The van der Waals surface area contributed by atoms with Gasteiger partial charge in [-0.2, -0.15) is 5.26 Å². The number of carbonyl (C=O) groups is 2. The number of nitrogens with zero attached hydrogens (tertiary/aromatic N) is 2. The van der Waals surface area contributed by atoms with Gasteiger partial charge >= 0.3 is 0 Å². The molecule has 0 aromatic carbocycles. The Hall–Kier alpha value is -1.37. The third-order valence-electron chi connectivity index (χ3n) is 5.85. The first kappa shape index (κ1) is 14.6. The van der Waals surface area contributed by atoms with Crippen LogP contribution in [0.3, 0.4) is 0 Å². The van der Waals surface area contributed by atoms with E-state index in [0.717, 1.165) is 44.9 Å². The summed E-state index contributed by atoms with van der Waals surface area (Å²) in [5.74, 6) is 0.308. The van der Waals surface area contributed by atoms with Crippen LogP contribution in [0, 0.1) is 35.0 Å². The molecule has 3 fully saturated rings. The number of imide groups is 1. The Balaban J connectivity index is 1.78. The average Bonchev–Trinajstić information content (AvgIpc) is 3.04. The summed E-state index contributed by atoms with van der Waals surface area (Å²) in [5, 5.41) is 9.54. The second kappa shape index (κ2) is 5.79. The van der Waals surface area contributed by atoms with Gasteiger partial charge in [0.05, 0.1) is 17.9 Å². The zero-order valence-electron chi connectivity index (χ0n) is 12.8. The number of amides is 2. The molecule has 4 nitrogen and oxygen atoms in total. The Kier molecular flexibility index (Phi) is 4.01. The van der Waals surface area contributed by atoms with Gasteiger partial charge in [0, 0.05) is 0 Å². The molecule has 0 spiro atoms. The normalized spacial score (nSPS) is 34.9. The quantitative estimate of drug-likeness (QED) is 0.750. The SMILES string of the molecule is CCC1CC2C(=O)N(C(C#N)C3CCCCC3)C(=O)C2C1. The minimum absolute atomic E-state index is 0.0573. The molecule has 114 valence electrons. The van der Waals surface area contributed by atoms with Crippen LogP contribution in [0.1, 0.15) is 58.3 Å². The van der Waals surface area contributed by atoms with Crippen molar-refractivity contribution in [2.75, 3.05) is 0 Å². The van der Waals surface area contributed by atoms with Crippen molar-refractivity contribution in [3.63, 3.8) is 0 Å². The lowest BCUT2D eigenvalue weighted by Crippen LogP contribution is -2.45. The molecule has 0 aromatic heterocycles. The van der Waals surface area contributed by atoms with Crippen LogP contribution < -0.4 is 0 Å². The first-order valence-electron chi connectivity index (χ1n) is 8.43. The van der Waals surface area contributed by atoms with E-state index in [-0.39, 0.29) is 29.6 Å². The molecule has 1 heterocycles. The van der Waals surface area contributed by atoms with E-state index in [0.29, 0.717) is 5.92 Å². The number of nitriles is 1. The first-order chi connectivity index (χ1) is 10.2. The summed E-state index contributed by atoms with van der Waals surface area (Å²) in [5.41, 5.74) is 0. The van der Waals surface area contributed by atoms with Crippen LogP contribution >= 0.6 is 0 Å². The molecule has 3 aliphatic rings. The first-order valence-corrected chi connectivity index (χ1v) is 8.43. The number of likely N-dealkylation sites (tertiary alicyclic amines) is 1. The molecule has 2 amide bonds. The lowest BCUT2D eigenvalue weighted by molar-refractivity contribution is -0.143. The summed E-state index contributed by atoms with van der Waals surface area (Å²) in [6.45, 7) is 2.12. The van der Waals surface area contributed by atoms with E-state index < -0.39 is 6.04 Å². The minimum Gasteiger partial charge on any atom is -0.274 e. The van der Waals surface area contributed by atoms with Crippen molar-refractivity contribution in [2.45, 2.75) is 64.3 Å². The Morgan fingerprint density at radius 2 is 1.71 bits per heavy atom. The van der Waals surface area contributed by atoms with Crippen molar-refractivity contribution in [3.05, 3.63) is 0 Å². The molecule has 2 aliphatic carbocycles. The van der Waals surface area contributed by atoms with Gasteiger partial charge in [0.25, 0.3) is 0 Å². The molecule has 2 saturated carbocycles. The summed E-state index contributed by atoms with van der Waals surface area (Å²) in [4.78, 5) is 26.7. The number of fused-ring (bicyclic) bond motifs is 1. The lowest BCUT2D eigenvalue weighted by atomic mass is 9.83. The molecular formula is C17H24N2O2. The van der Waals surface area contributed by atoms with Gasteiger partial charge in [-0.1, -0.05) is 32.6 Å². The van der Waals surface area contributed by atoms with Crippen LogP contribution in [-0.4, -0.2) is 22.8 Å². The van der Waals surface area contributed by atoms with Gasteiger partial charge in [-0.3, -0.25) is 14.5 Å². The zero-order chi connectivity index (χ0) is 15.0. The Morgan fingerprint density at radius 1 is 1.14 bits per heavy atom. The van der Waals surface area contributed by atoms with Gasteiger partial charge in [-0.15, -0.1) is 0 Å². The van der Waals surface area contributed by atoms with Crippen LogP contribution in [0.4, 0.5) is 0 Å². The third-order valence-corrected chi connectivity index (χ3v) is 5.85. The summed E-state index contributed by atoms with van der Waals surface area (Å²) in [7, 11) is 0. The van der Waals surface area contributed by atoms with Crippen LogP contribution in [0.2, 0.25) is 0 Å². The second-order valence-corrected chi connectivity index (χ2v) is 6.98. The Bertz CT molecular complexity index is 452. The van der Waals surface area contributed by atoms with Crippen molar-refractivity contribution in [1.82, 2.24) is 4.90 Å². The average molecular weight is 288 g/mol. The Labute approximate surface area is 126 Å². The van der Waals surface area contributed by atoms with E-state index in [1.807, 2.05) is 0 Å². The molecule has 21 heavy (non-hydrogen) atoms. The smallest absolute Gasteiger partial charge is 0.234 e. The zero-order valence-corrected chi connectivity index (χ0v) is 12.8. The summed E-state index contributed by atoms with van der Waals surface area (Å²) in [6, 6.07) is 1.76. The highest BCUT2D eigenvalue weighted by Gasteiger charge is 2.55. The molecule has 0 aromatic rings. The van der Waals surface area contributed by atoms with Gasteiger partial charge in [0.15, 0.2) is 0 Å². The highest BCUT2D eigenvalue weighted by molar-refractivity contribution is 6.06. The molecule has 1 aliphatic heterocycles. The maximum Gasteiger partial charge on any atom is 0.234 e. The van der Waals surface area contributed by atoms with E-state index in [9.17, 15) is 14.9 Å². The fourth-order valence-electron chi connectivity index (χ4n) is 4.59. The van der Waals surface area contributed by atoms with E-state index in [1.54, 1.807) is 0 Å². The van der Waals surface area contributed by atoms with E-state index in [1.165, 1.54) is 11.3 Å². The predicted octanol–water partition coefficient (Wildman–Crippen LogP) is 2.88. The summed E-state index contributed by atoms with van der Waals surface area (Å²) >= 11 is 0. The van der Waals surface area contributed by atoms with E-state index >= 15 is 0 Å². The van der Waals surface area contributed by atoms with Crippen molar-refractivity contribution in [3.8, 4) is 6.07 Å². The molecule has 0 bridgehead atoms. The standard InChI is InChI=1S/C17H24N2O2/c1-2-11-8-13-14(9-11)17(21)19(16(13)20)15(10-18)12-6-4-3-5-7-12/h11-15H,2-9H2,1H3. The number of carbonyl (C=O) groups excluding carboxylic acids is 2. The highest BCUT2D eigenvalue weighted by Crippen LogP contribution is 2.46. The fraction of sp³-hybridized carbons (Fsp3) is 0.824. The predicted molar refractivity (Wildman–Crippen MR) is 77.8 cm³/mol. The lowest BCUT2D eigenvalue weighted by Gasteiger charge is -2.31. The third kappa shape index (κ3) is 2.37. The largest absolute Gasteiger partial charge is 0.274 e. The van der Waals surface area contributed by atoms with E-state index in [4.69, 9.17) is 0 Å². The molecule has 3 rings (SSSR count). The van der Waals surface area contributed by atoms with Crippen molar-refractivity contribution >= 4 is 11.8 Å². The maximum atomic E-state index is 12.7. The molecule has 0 radical (unpaired) electrons. The minimum atomic E-state index is -0.518. The molecular weight excluding hydrogens is 264 g/mol. The number of rotatable bonds is 3. The van der Waals surface area contributed by atoms with Crippen LogP contribution in [0.15, 0.2) is 0 Å². The summed E-state index contributed by atoms with van der Waals surface area (Å²) < 4.78 is 0. The monoisotopic (exact) mass is 288 g/mol. The molecule has 3 unspecified atom stereocenters. The Morgan fingerprint density at radius 3 is 2.19 bits per heavy atom. The summed E-state index contributed by atoms with van der Waals surface area (Å²) in [6.07, 6.45) is 8.10. The molecule has 3 atom stereocenters. The molecule has 1 saturated heterocycles. The van der Waals surface area contributed by atoms with Gasteiger partial charge in [0.2, 0.25) is 11.8 Å². The second-order valence-electron chi connectivity index (χ2n) is 6.98. The van der Waals surface area contributed by atoms with Gasteiger partial charge < -0.3 is 0 Å². The number of hydrogen-bond donors (Lipinski definition) is 0. The van der Waals surface area contributed by atoms with Crippen LogP contribution in [0.5, 0.6) is 0 Å². The highest BCUT2D eigenvalue weighted by atomic mass is 16.2. The molecule has 4 heteroatoms. The van der Waals surface area contributed by atoms with E-state index in [2.05, 4.69) is 13.0 Å². The topological polar surface area (TPSA) is 61.2 Å². The fourth-order valence-corrected chi connectivity index (χ4v) is 4.59. The van der Waals surface area contributed by atoms with Crippen LogP contribution in [0.25, 0.3) is 0 Å². The van der Waals surface area contributed by atoms with Crippen molar-refractivity contribution < 1.29 is 9.59 Å². The molecule has 0 N–H and O–H groups in total. The van der Waals surface area contributed by atoms with Crippen molar-refractivity contribution in [1.29, 1.82) is 5.26 Å². The maximum absolute atomic E-state index is 12.7. The van der Waals surface area contributed by atoms with Crippen molar-refractivity contribution in [2.24, 2.45) is 23.7 Å². The van der Waals surface area contributed by atoms with Gasteiger partial charge in [0.1, 0.15) is 6.04 Å². The number of hydrogen-bond acceptors (Lipinski definition) is 3. The van der Waals surface area contributed by atoms with Gasteiger partial charge in [-0.05, 0) is 37.5 Å². The van der Waals surface area contributed by atoms with Gasteiger partial charge in [-0.25, -0.2) is 0 Å².